The van der Waals surface area contributed by atoms with Gasteiger partial charge in [-0.25, -0.2) is 0 Å². The number of nitrogens with one attached hydrogen (secondary N) is 1. The van der Waals surface area contributed by atoms with Crippen molar-refractivity contribution >= 4 is 27.3 Å². The molecule has 0 unspecified atom stereocenters. The van der Waals surface area contributed by atoms with Gasteiger partial charge in [0.05, 0.1) is 0 Å². The van der Waals surface area contributed by atoms with Gasteiger partial charge in [0.2, 0.25) is 0 Å². The van der Waals surface area contributed by atoms with Crippen molar-refractivity contribution < 1.29 is 15.0 Å². The smallest absolute Gasteiger partial charge is 0.261 e. The van der Waals surface area contributed by atoms with Crippen LogP contribution >= 0.6 is 11.3 Å². The molecular formula is C24H21NO3S. The standard InChI is InChI=1S/C24H21NO3S/c26-20(22-15-17-9-7-8-14-21(17)29-22)16-25-23(27)24(28,18-10-3-1-4-11-18)19-12-5-2-6-13-19/h1-15,20,26,28H,16H2,(H,25,27)/t20-/m0/s1. The van der Waals surface area contributed by atoms with Crippen LogP contribution in [-0.4, -0.2) is 22.7 Å². The first-order valence-electron chi connectivity index (χ1n) is 9.37. The number of rotatable bonds is 6. The molecule has 4 nitrogen and oxygen atoms in total. The summed E-state index contributed by atoms with van der Waals surface area (Å²) in [6, 6.07) is 27.5. The topological polar surface area (TPSA) is 69.6 Å². The van der Waals surface area contributed by atoms with Crippen LogP contribution in [0.25, 0.3) is 10.1 Å². The number of aliphatic hydroxyl groups excluding tert-OH is 1. The molecule has 1 amide bonds. The zero-order valence-corrected chi connectivity index (χ0v) is 16.5. The second-order valence-corrected chi connectivity index (χ2v) is 7.97. The van der Waals surface area contributed by atoms with Crippen LogP contribution in [0.4, 0.5) is 0 Å². The molecule has 0 aliphatic rings. The number of aliphatic hydroxyl groups is 2. The van der Waals surface area contributed by atoms with Gasteiger partial charge in [-0.05, 0) is 28.6 Å². The highest BCUT2D eigenvalue weighted by atomic mass is 32.1. The monoisotopic (exact) mass is 403 g/mol. The van der Waals surface area contributed by atoms with E-state index in [2.05, 4.69) is 5.32 Å². The molecule has 1 atom stereocenters. The van der Waals surface area contributed by atoms with Gasteiger partial charge in [0.15, 0.2) is 5.60 Å². The van der Waals surface area contributed by atoms with Gasteiger partial charge in [0.25, 0.3) is 5.91 Å². The second-order valence-electron chi connectivity index (χ2n) is 6.85. The molecule has 1 aromatic heterocycles. The van der Waals surface area contributed by atoms with Crippen molar-refractivity contribution in [1.82, 2.24) is 5.32 Å². The van der Waals surface area contributed by atoms with Crippen molar-refractivity contribution in [3.63, 3.8) is 0 Å². The van der Waals surface area contributed by atoms with E-state index in [0.29, 0.717) is 11.1 Å². The fourth-order valence-electron chi connectivity index (χ4n) is 3.37. The van der Waals surface area contributed by atoms with E-state index in [9.17, 15) is 15.0 Å². The Morgan fingerprint density at radius 3 is 2.03 bits per heavy atom. The van der Waals surface area contributed by atoms with Gasteiger partial charge in [0, 0.05) is 16.1 Å². The Labute approximate surface area is 173 Å². The second kappa shape index (κ2) is 8.17. The van der Waals surface area contributed by atoms with Crippen molar-refractivity contribution in [2.24, 2.45) is 0 Å². The average molecular weight is 404 g/mol. The maximum atomic E-state index is 13.1. The third-order valence-electron chi connectivity index (χ3n) is 4.94. The molecule has 4 aromatic rings. The van der Waals surface area contributed by atoms with Crippen LogP contribution in [0, 0.1) is 0 Å². The maximum Gasteiger partial charge on any atom is 0.261 e. The lowest BCUT2D eigenvalue weighted by Crippen LogP contribution is -2.46. The minimum Gasteiger partial charge on any atom is -0.386 e. The zero-order chi connectivity index (χ0) is 20.3. The predicted molar refractivity (Wildman–Crippen MR) is 116 cm³/mol. The van der Waals surface area contributed by atoms with E-state index in [1.54, 1.807) is 48.5 Å². The first kappa shape index (κ1) is 19.3. The summed E-state index contributed by atoms with van der Waals surface area (Å²) in [6.45, 7) is 0.00757. The molecule has 0 spiro atoms. The van der Waals surface area contributed by atoms with Gasteiger partial charge in [0.1, 0.15) is 6.10 Å². The summed E-state index contributed by atoms with van der Waals surface area (Å²) in [5.41, 5.74) is -0.900. The molecule has 0 saturated heterocycles. The summed E-state index contributed by atoms with van der Waals surface area (Å²) >= 11 is 1.49. The van der Waals surface area contributed by atoms with Gasteiger partial charge in [-0.3, -0.25) is 4.79 Å². The van der Waals surface area contributed by atoms with E-state index >= 15 is 0 Å². The maximum absolute atomic E-state index is 13.1. The largest absolute Gasteiger partial charge is 0.386 e. The Bertz CT molecular complexity index is 1040. The van der Waals surface area contributed by atoms with Gasteiger partial charge in [-0.1, -0.05) is 78.9 Å². The molecular weight excluding hydrogens is 382 g/mol. The summed E-state index contributed by atoms with van der Waals surface area (Å²) in [6.07, 6.45) is -0.854. The summed E-state index contributed by atoms with van der Waals surface area (Å²) in [5.74, 6) is -0.574. The van der Waals surface area contributed by atoms with Gasteiger partial charge >= 0.3 is 0 Å². The van der Waals surface area contributed by atoms with E-state index in [1.165, 1.54) is 11.3 Å². The lowest BCUT2D eigenvalue weighted by molar-refractivity contribution is -0.137. The van der Waals surface area contributed by atoms with Crippen molar-refractivity contribution in [3.8, 4) is 0 Å². The van der Waals surface area contributed by atoms with E-state index in [0.717, 1.165) is 15.0 Å². The van der Waals surface area contributed by atoms with Gasteiger partial charge < -0.3 is 15.5 Å². The minimum atomic E-state index is -1.84. The van der Waals surface area contributed by atoms with E-state index in [-0.39, 0.29) is 6.54 Å². The molecule has 0 aliphatic heterocycles. The summed E-state index contributed by atoms with van der Waals surface area (Å²) in [7, 11) is 0. The Hall–Kier alpha value is -2.99. The molecule has 0 radical (unpaired) electrons. The SMILES string of the molecule is O=C(NC[C@H](O)c1cc2ccccc2s1)C(O)(c1ccccc1)c1ccccc1. The minimum absolute atomic E-state index is 0.00757. The number of hydrogen-bond donors (Lipinski definition) is 3. The highest BCUT2D eigenvalue weighted by molar-refractivity contribution is 7.19. The molecule has 4 rings (SSSR count). The van der Waals surface area contributed by atoms with Crippen LogP contribution < -0.4 is 5.32 Å². The number of carbonyl (C=O) groups is 1. The lowest BCUT2D eigenvalue weighted by atomic mass is 9.85. The Balaban J connectivity index is 1.57. The van der Waals surface area contributed by atoms with Crippen LogP contribution in [0.3, 0.4) is 0 Å². The first-order valence-corrected chi connectivity index (χ1v) is 10.2. The van der Waals surface area contributed by atoms with Gasteiger partial charge in [-0.15, -0.1) is 11.3 Å². The molecule has 146 valence electrons. The molecule has 0 bridgehead atoms. The lowest BCUT2D eigenvalue weighted by Gasteiger charge is -2.28. The van der Waals surface area contributed by atoms with Crippen molar-refractivity contribution in [2.75, 3.05) is 6.54 Å². The van der Waals surface area contributed by atoms with E-state index in [1.807, 2.05) is 42.5 Å². The zero-order valence-electron chi connectivity index (χ0n) is 15.7. The van der Waals surface area contributed by atoms with Crippen molar-refractivity contribution in [2.45, 2.75) is 11.7 Å². The van der Waals surface area contributed by atoms with Gasteiger partial charge in [-0.2, -0.15) is 0 Å². The molecule has 0 saturated carbocycles. The molecule has 3 aromatic carbocycles. The van der Waals surface area contributed by atoms with Crippen LogP contribution in [0.1, 0.15) is 22.1 Å². The molecule has 0 fully saturated rings. The molecule has 3 N–H and O–H groups in total. The quantitative estimate of drug-likeness (QED) is 0.456. The predicted octanol–water partition coefficient (Wildman–Crippen LogP) is 3.99. The van der Waals surface area contributed by atoms with Crippen molar-refractivity contribution in [1.29, 1.82) is 0 Å². The molecule has 29 heavy (non-hydrogen) atoms. The number of fused-ring (bicyclic) bond motifs is 1. The summed E-state index contributed by atoms with van der Waals surface area (Å²) < 4.78 is 1.08. The normalized spacial score (nSPS) is 12.6. The van der Waals surface area contributed by atoms with E-state index in [4.69, 9.17) is 0 Å². The number of benzene rings is 3. The van der Waals surface area contributed by atoms with E-state index < -0.39 is 17.6 Å². The third-order valence-corrected chi connectivity index (χ3v) is 6.16. The average Bonchev–Trinajstić information content (AvgIpc) is 3.22. The fraction of sp³-hybridized carbons (Fsp3) is 0.125. The number of amides is 1. The molecule has 1 heterocycles. The number of thiophene rings is 1. The van der Waals surface area contributed by atoms with Crippen LogP contribution in [0.15, 0.2) is 91.0 Å². The van der Waals surface area contributed by atoms with Crippen LogP contribution in [0.2, 0.25) is 0 Å². The Morgan fingerprint density at radius 2 is 1.45 bits per heavy atom. The summed E-state index contributed by atoms with van der Waals surface area (Å²) in [5, 5.41) is 25.8. The highest BCUT2D eigenvalue weighted by Gasteiger charge is 2.39. The molecule has 0 aliphatic carbocycles. The Kier molecular flexibility index (Phi) is 5.45. The Morgan fingerprint density at radius 1 is 0.897 bits per heavy atom. The van der Waals surface area contributed by atoms with Crippen molar-refractivity contribution in [3.05, 3.63) is 107 Å². The molecule has 5 heteroatoms. The number of carbonyl (C=O) groups excluding carboxylic acids is 1. The number of hydrogen-bond acceptors (Lipinski definition) is 4. The van der Waals surface area contributed by atoms with Crippen LogP contribution in [0.5, 0.6) is 0 Å². The fourth-order valence-corrected chi connectivity index (χ4v) is 4.42. The third kappa shape index (κ3) is 3.80. The summed E-state index contributed by atoms with van der Waals surface area (Å²) in [4.78, 5) is 13.9. The highest BCUT2D eigenvalue weighted by Crippen LogP contribution is 2.31. The van der Waals surface area contributed by atoms with Crippen LogP contribution in [-0.2, 0) is 10.4 Å². The first-order chi connectivity index (χ1) is 14.1.